The molecule has 3 nitrogen and oxygen atoms in total. The molecule has 0 saturated carbocycles. The molecule has 0 spiro atoms. The van der Waals surface area contributed by atoms with Crippen molar-refractivity contribution >= 4 is 12.0 Å². The summed E-state index contributed by atoms with van der Waals surface area (Å²) in [5, 5.41) is 0. The first-order chi connectivity index (χ1) is 10.3. The van der Waals surface area contributed by atoms with Crippen molar-refractivity contribution in [2.75, 3.05) is 19.8 Å². The Hall–Kier alpha value is -1.61. The number of unbranched alkanes of at least 4 members (excludes halogenated alkanes) is 4. The van der Waals surface area contributed by atoms with Crippen LogP contribution in [0.5, 0.6) is 0 Å². The Labute approximate surface area is 128 Å². The summed E-state index contributed by atoms with van der Waals surface area (Å²) in [6.07, 6.45) is 10.0. The maximum absolute atomic E-state index is 11.0. The minimum absolute atomic E-state index is 0.0770. The molecule has 0 atom stereocenters. The molecule has 0 N–H and O–H groups in total. The molecule has 0 amide bonds. The zero-order valence-electron chi connectivity index (χ0n) is 12.9. The van der Waals surface area contributed by atoms with E-state index in [-0.39, 0.29) is 12.6 Å². The number of rotatable bonds is 11. The van der Waals surface area contributed by atoms with E-state index >= 15 is 0 Å². The molecule has 0 unspecified atom stereocenters. The Balaban J connectivity index is 1.89. The first-order valence-corrected chi connectivity index (χ1v) is 7.78. The van der Waals surface area contributed by atoms with Crippen LogP contribution < -0.4 is 0 Å². The van der Waals surface area contributed by atoms with Crippen molar-refractivity contribution in [3.63, 3.8) is 0 Å². The van der Waals surface area contributed by atoms with Crippen LogP contribution in [0.1, 0.15) is 44.6 Å². The van der Waals surface area contributed by atoms with Crippen molar-refractivity contribution in [3.8, 4) is 0 Å². The van der Waals surface area contributed by atoms with Gasteiger partial charge in [0.05, 0.1) is 6.61 Å². The van der Waals surface area contributed by atoms with Crippen molar-refractivity contribution in [1.29, 1.82) is 0 Å². The predicted molar refractivity (Wildman–Crippen MR) is 86.0 cm³/mol. The number of esters is 1. The highest BCUT2D eigenvalue weighted by Gasteiger charge is 2.00. The fraction of sp³-hybridized carbons (Fsp3) is 0.500. The van der Waals surface area contributed by atoms with Crippen LogP contribution in [0.3, 0.4) is 0 Å². The predicted octanol–water partition coefficient (Wildman–Crippen LogP) is 4.23. The molecule has 0 fully saturated rings. The Morgan fingerprint density at radius 1 is 1.10 bits per heavy atom. The van der Waals surface area contributed by atoms with Crippen LogP contribution in [0.4, 0.5) is 0 Å². The summed E-state index contributed by atoms with van der Waals surface area (Å²) in [7, 11) is 0. The van der Waals surface area contributed by atoms with E-state index in [1.807, 2.05) is 6.07 Å². The Morgan fingerprint density at radius 3 is 2.62 bits per heavy atom. The van der Waals surface area contributed by atoms with Crippen molar-refractivity contribution < 1.29 is 14.3 Å². The van der Waals surface area contributed by atoms with Gasteiger partial charge in [-0.25, -0.2) is 4.79 Å². The summed E-state index contributed by atoms with van der Waals surface area (Å²) >= 11 is 0. The molecule has 0 saturated heterocycles. The van der Waals surface area contributed by atoms with Gasteiger partial charge in [0.15, 0.2) is 0 Å². The second-order valence-corrected chi connectivity index (χ2v) is 4.87. The van der Waals surface area contributed by atoms with Gasteiger partial charge in [-0.1, -0.05) is 55.3 Å². The highest BCUT2D eigenvalue weighted by atomic mass is 16.6. The molecule has 21 heavy (non-hydrogen) atoms. The van der Waals surface area contributed by atoms with E-state index in [1.165, 1.54) is 18.4 Å². The van der Waals surface area contributed by atoms with Gasteiger partial charge in [-0.3, -0.25) is 0 Å². The van der Waals surface area contributed by atoms with E-state index in [4.69, 9.17) is 9.47 Å². The second-order valence-electron chi connectivity index (χ2n) is 4.87. The van der Waals surface area contributed by atoms with E-state index in [0.717, 1.165) is 19.3 Å². The third kappa shape index (κ3) is 9.85. The fourth-order valence-electron chi connectivity index (χ4n) is 1.96. The number of benzene rings is 1. The highest BCUT2D eigenvalue weighted by Crippen LogP contribution is 2.07. The first-order valence-electron chi connectivity index (χ1n) is 7.78. The molecule has 0 heterocycles. The van der Waals surface area contributed by atoms with Gasteiger partial charge in [0.2, 0.25) is 0 Å². The van der Waals surface area contributed by atoms with Crippen LogP contribution in [-0.2, 0) is 14.3 Å². The van der Waals surface area contributed by atoms with Crippen molar-refractivity contribution in [3.05, 3.63) is 42.0 Å². The number of carbonyl (C=O) groups excluding carboxylic acids is 1. The Morgan fingerprint density at radius 2 is 1.86 bits per heavy atom. The van der Waals surface area contributed by atoms with Crippen LogP contribution in [0.25, 0.3) is 6.08 Å². The molecule has 0 aliphatic carbocycles. The maximum Gasteiger partial charge on any atom is 0.332 e. The Kier molecular flexibility index (Phi) is 10.1. The normalized spacial score (nSPS) is 10.9. The van der Waals surface area contributed by atoms with Gasteiger partial charge >= 0.3 is 5.97 Å². The molecule has 1 aromatic carbocycles. The van der Waals surface area contributed by atoms with Crippen LogP contribution in [-0.4, -0.2) is 25.8 Å². The van der Waals surface area contributed by atoms with Gasteiger partial charge in [-0.05, 0) is 31.7 Å². The number of allylic oxidation sites excluding steroid dienone is 1. The first kappa shape index (κ1) is 17.4. The third-order valence-electron chi connectivity index (χ3n) is 3.04. The summed E-state index contributed by atoms with van der Waals surface area (Å²) in [6.45, 7) is 2.93. The van der Waals surface area contributed by atoms with E-state index < -0.39 is 0 Å². The van der Waals surface area contributed by atoms with E-state index in [1.54, 1.807) is 6.92 Å². The van der Waals surface area contributed by atoms with Crippen molar-refractivity contribution in [2.24, 2.45) is 0 Å². The lowest BCUT2D eigenvalue weighted by molar-refractivity contribution is -0.148. The van der Waals surface area contributed by atoms with Crippen molar-refractivity contribution in [2.45, 2.75) is 39.0 Å². The van der Waals surface area contributed by atoms with Crippen LogP contribution >= 0.6 is 0 Å². The lowest BCUT2D eigenvalue weighted by atomic mass is 10.1. The fourth-order valence-corrected chi connectivity index (χ4v) is 1.96. The minimum Gasteiger partial charge on any atom is -0.464 e. The smallest absolute Gasteiger partial charge is 0.332 e. The third-order valence-corrected chi connectivity index (χ3v) is 3.04. The van der Waals surface area contributed by atoms with Crippen LogP contribution in [0.15, 0.2) is 36.4 Å². The molecule has 0 aromatic heterocycles. The van der Waals surface area contributed by atoms with Crippen molar-refractivity contribution in [1.82, 2.24) is 0 Å². The van der Waals surface area contributed by atoms with Gasteiger partial charge in [0, 0.05) is 6.61 Å². The number of hydrogen-bond acceptors (Lipinski definition) is 3. The van der Waals surface area contributed by atoms with Gasteiger partial charge in [-0.2, -0.15) is 0 Å². The van der Waals surface area contributed by atoms with E-state index in [9.17, 15) is 4.79 Å². The summed E-state index contributed by atoms with van der Waals surface area (Å²) < 4.78 is 10.0. The molecule has 3 heteroatoms. The largest absolute Gasteiger partial charge is 0.464 e. The van der Waals surface area contributed by atoms with Crippen LogP contribution in [0, 0.1) is 0 Å². The molecule has 116 valence electrons. The molecule has 0 radical (unpaired) electrons. The summed E-state index contributed by atoms with van der Waals surface area (Å²) in [5.74, 6) is -0.274. The van der Waals surface area contributed by atoms with Crippen LogP contribution in [0.2, 0.25) is 0 Å². The maximum atomic E-state index is 11.0. The molecular formula is C18H26O3. The SMILES string of the molecule is CCOC(=O)COCCCCCCC=Cc1ccccc1. The highest BCUT2D eigenvalue weighted by molar-refractivity contribution is 5.70. The molecule has 0 aliphatic rings. The zero-order chi connectivity index (χ0) is 15.2. The standard InChI is InChI=1S/C18H26O3/c1-2-21-18(19)16-20-15-11-6-4-3-5-8-12-17-13-9-7-10-14-17/h7-10,12-14H,2-6,11,15-16H2,1H3. The topological polar surface area (TPSA) is 35.5 Å². The van der Waals surface area contributed by atoms with Gasteiger partial charge in [-0.15, -0.1) is 0 Å². The quantitative estimate of drug-likeness (QED) is 0.452. The lowest BCUT2D eigenvalue weighted by Gasteiger charge is -2.03. The average molecular weight is 290 g/mol. The zero-order valence-corrected chi connectivity index (χ0v) is 12.9. The van der Waals surface area contributed by atoms with Gasteiger partial charge in [0.1, 0.15) is 6.61 Å². The molecule has 1 aromatic rings. The Bertz CT molecular complexity index is 398. The molecular weight excluding hydrogens is 264 g/mol. The van der Waals surface area contributed by atoms with E-state index in [0.29, 0.717) is 13.2 Å². The number of carbonyl (C=O) groups is 1. The van der Waals surface area contributed by atoms with Gasteiger partial charge < -0.3 is 9.47 Å². The monoisotopic (exact) mass is 290 g/mol. The van der Waals surface area contributed by atoms with Gasteiger partial charge in [0.25, 0.3) is 0 Å². The second kappa shape index (κ2) is 12.2. The lowest BCUT2D eigenvalue weighted by Crippen LogP contribution is -2.12. The summed E-state index contributed by atoms with van der Waals surface area (Å²) in [6, 6.07) is 10.3. The molecule has 0 bridgehead atoms. The molecule has 0 aliphatic heterocycles. The van der Waals surface area contributed by atoms with E-state index in [2.05, 4.69) is 36.4 Å². The summed E-state index contributed by atoms with van der Waals surface area (Å²) in [5.41, 5.74) is 1.25. The average Bonchev–Trinajstić information content (AvgIpc) is 2.50. The minimum atomic E-state index is -0.274. The number of ether oxygens (including phenoxy) is 2. The molecule has 1 rings (SSSR count). The summed E-state index contributed by atoms with van der Waals surface area (Å²) in [4.78, 5) is 11.0. The number of hydrogen-bond donors (Lipinski definition) is 0.